The van der Waals surface area contributed by atoms with Gasteiger partial charge in [-0.2, -0.15) is 13.2 Å². The van der Waals surface area contributed by atoms with Gasteiger partial charge in [0, 0.05) is 6.08 Å². The van der Waals surface area contributed by atoms with Gasteiger partial charge in [-0.05, 0) is 12.2 Å². The summed E-state index contributed by atoms with van der Waals surface area (Å²) < 4.78 is 53.0. The summed E-state index contributed by atoms with van der Waals surface area (Å²) in [6, 6.07) is 0. The van der Waals surface area contributed by atoms with E-state index in [1.165, 1.54) is 0 Å². The number of ketones is 1. The predicted octanol–water partition coefficient (Wildman–Crippen LogP) is 1.26. The zero-order chi connectivity index (χ0) is 18.5. The van der Waals surface area contributed by atoms with Gasteiger partial charge in [0.05, 0.1) is 21.3 Å². The Labute approximate surface area is 134 Å². The first-order valence-electron chi connectivity index (χ1n) is 6.20. The number of carbonyl (C=O) groups excluding carboxylic acids is 3. The zero-order valence-corrected chi connectivity index (χ0v) is 12.8. The number of nitrogens with zero attached hydrogens (tertiary/aromatic N) is 1. The van der Waals surface area contributed by atoms with E-state index in [0.717, 1.165) is 39.6 Å². The molecule has 0 N–H and O–H groups in total. The van der Waals surface area contributed by atoms with E-state index < -0.39 is 40.9 Å². The molecular formula is C14H12F3NO6. The second kappa shape index (κ2) is 7.57. The molecule has 0 aliphatic heterocycles. The maximum Gasteiger partial charge on any atom is 0.434 e. The Morgan fingerprint density at radius 3 is 2.00 bits per heavy atom. The van der Waals surface area contributed by atoms with E-state index in [1.54, 1.807) is 0 Å². The molecule has 0 bridgehead atoms. The number of rotatable bonds is 4. The van der Waals surface area contributed by atoms with E-state index in [1.807, 2.05) is 0 Å². The van der Waals surface area contributed by atoms with Crippen LogP contribution in [0, 0.1) is 0 Å². The number of hydrogen-bond donors (Lipinski definition) is 0. The third kappa shape index (κ3) is 4.31. The minimum Gasteiger partial charge on any atom is -0.494 e. The van der Waals surface area contributed by atoms with Crippen LogP contribution in [0.2, 0.25) is 0 Å². The van der Waals surface area contributed by atoms with Crippen LogP contribution < -0.4 is 0 Å². The van der Waals surface area contributed by atoms with Gasteiger partial charge in [0.2, 0.25) is 0 Å². The Hall–Kier alpha value is -2.91. The lowest BCUT2D eigenvalue weighted by Gasteiger charge is -2.15. The first-order valence-corrected chi connectivity index (χ1v) is 6.20. The van der Waals surface area contributed by atoms with E-state index in [0.29, 0.717) is 0 Å². The first-order chi connectivity index (χ1) is 11.1. The topological polar surface area (TPSA) is 91.3 Å². The minimum atomic E-state index is -5.18. The van der Waals surface area contributed by atoms with Crippen molar-refractivity contribution in [3.8, 4) is 0 Å². The molecule has 0 radical (unpaired) electrons. The molecule has 130 valence electrons. The van der Waals surface area contributed by atoms with E-state index in [-0.39, 0.29) is 5.76 Å². The van der Waals surface area contributed by atoms with Gasteiger partial charge >= 0.3 is 18.1 Å². The number of ether oxygens (including phenoxy) is 3. The number of aliphatic imine (C=N–C) groups is 1. The fraction of sp³-hybridized carbons (Fsp3) is 0.286. The third-order valence-electron chi connectivity index (χ3n) is 2.67. The molecule has 0 aromatic heterocycles. The zero-order valence-electron chi connectivity index (χ0n) is 12.8. The molecule has 1 aliphatic rings. The molecule has 0 unspecified atom stereocenters. The maximum absolute atomic E-state index is 13.3. The van der Waals surface area contributed by atoms with Gasteiger partial charge in [0.25, 0.3) is 0 Å². The highest BCUT2D eigenvalue weighted by atomic mass is 19.4. The Bertz CT molecular complexity index is 667. The van der Waals surface area contributed by atoms with Crippen LogP contribution in [-0.4, -0.2) is 50.9 Å². The number of esters is 2. The molecule has 0 amide bonds. The molecule has 0 saturated carbocycles. The van der Waals surface area contributed by atoms with Gasteiger partial charge in [-0.1, -0.05) is 0 Å². The Balaban J connectivity index is 3.66. The largest absolute Gasteiger partial charge is 0.494 e. The van der Waals surface area contributed by atoms with Crippen molar-refractivity contribution in [2.75, 3.05) is 21.3 Å². The minimum absolute atomic E-state index is 0.265. The second-order valence-corrected chi connectivity index (χ2v) is 4.15. The number of allylic oxidation sites excluding steroid dienone is 4. The van der Waals surface area contributed by atoms with E-state index in [4.69, 9.17) is 4.74 Å². The lowest BCUT2D eigenvalue weighted by Crippen LogP contribution is -2.25. The van der Waals surface area contributed by atoms with Crippen molar-refractivity contribution < 1.29 is 41.8 Å². The molecule has 0 aromatic carbocycles. The molecular weight excluding hydrogens is 335 g/mol. The van der Waals surface area contributed by atoms with Crippen molar-refractivity contribution in [2.24, 2.45) is 4.99 Å². The average Bonchev–Trinajstić information content (AvgIpc) is 2.53. The highest BCUT2D eigenvalue weighted by Crippen LogP contribution is 2.31. The van der Waals surface area contributed by atoms with Crippen LogP contribution in [0.15, 0.2) is 40.2 Å². The van der Waals surface area contributed by atoms with Crippen molar-refractivity contribution in [1.82, 2.24) is 0 Å². The van der Waals surface area contributed by atoms with E-state index >= 15 is 0 Å². The van der Waals surface area contributed by atoms with Crippen molar-refractivity contribution >= 4 is 23.4 Å². The van der Waals surface area contributed by atoms with Crippen LogP contribution in [-0.2, 0) is 28.6 Å². The quantitative estimate of drug-likeness (QED) is 0.250. The summed E-state index contributed by atoms with van der Waals surface area (Å²) in [6.07, 6.45) is -2.37. The van der Waals surface area contributed by atoms with Gasteiger partial charge in [0.15, 0.2) is 17.1 Å². The van der Waals surface area contributed by atoms with Gasteiger partial charge in [0.1, 0.15) is 11.5 Å². The number of carbonyl (C=O) groups is 3. The summed E-state index contributed by atoms with van der Waals surface area (Å²) >= 11 is 0. The molecule has 24 heavy (non-hydrogen) atoms. The highest BCUT2D eigenvalue weighted by Gasteiger charge is 2.42. The molecule has 1 rings (SSSR count). The molecule has 0 saturated heterocycles. The van der Waals surface area contributed by atoms with Crippen LogP contribution in [0.5, 0.6) is 0 Å². The first kappa shape index (κ1) is 19.1. The number of methoxy groups -OCH3 is 3. The van der Waals surface area contributed by atoms with Crippen molar-refractivity contribution in [3.05, 3.63) is 35.3 Å². The molecule has 0 aromatic rings. The summed E-state index contributed by atoms with van der Waals surface area (Å²) in [7, 11) is 2.71. The van der Waals surface area contributed by atoms with Crippen LogP contribution in [0.25, 0.3) is 0 Å². The average molecular weight is 347 g/mol. The summed E-state index contributed by atoms with van der Waals surface area (Å²) in [6.45, 7) is 0. The Kier molecular flexibility index (Phi) is 6.04. The van der Waals surface area contributed by atoms with Crippen LogP contribution in [0.1, 0.15) is 0 Å². The molecule has 0 heterocycles. The predicted molar refractivity (Wildman–Crippen MR) is 73.8 cm³/mol. The van der Waals surface area contributed by atoms with Crippen molar-refractivity contribution in [1.29, 1.82) is 0 Å². The van der Waals surface area contributed by atoms with Gasteiger partial charge in [-0.3, -0.25) is 4.79 Å². The van der Waals surface area contributed by atoms with Crippen LogP contribution >= 0.6 is 0 Å². The standard InChI is InChI=1S/C14H12F3NO6/c1-22-9-6-7(19)4-5-8(9)18-11(14(15,16)17)10(12(20)23-2)13(21)24-3/h4-6H,1-3H3. The molecule has 0 fully saturated rings. The van der Waals surface area contributed by atoms with E-state index in [2.05, 4.69) is 14.5 Å². The van der Waals surface area contributed by atoms with Crippen LogP contribution in [0.4, 0.5) is 13.2 Å². The fourth-order valence-electron chi connectivity index (χ4n) is 1.61. The summed E-state index contributed by atoms with van der Waals surface area (Å²) in [5.74, 6) is -3.93. The number of alkyl halides is 3. The summed E-state index contributed by atoms with van der Waals surface area (Å²) in [5, 5.41) is 0. The smallest absolute Gasteiger partial charge is 0.434 e. The number of halogens is 3. The second-order valence-electron chi connectivity index (χ2n) is 4.15. The van der Waals surface area contributed by atoms with Gasteiger partial charge < -0.3 is 14.2 Å². The van der Waals surface area contributed by atoms with Crippen molar-refractivity contribution in [3.63, 3.8) is 0 Å². The lowest BCUT2D eigenvalue weighted by molar-refractivity contribution is -0.146. The highest BCUT2D eigenvalue weighted by molar-refractivity contribution is 6.20. The summed E-state index contributed by atoms with van der Waals surface area (Å²) in [4.78, 5) is 37.6. The SMILES string of the molecule is COC(=O)C(C(=O)OC)=C(N=C1C=CC(=O)C=C1OC)C(F)(F)F. The maximum atomic E-state index is 13.3. The Morgan fingerprint density at radius 1 is 1.04 bits per heavy atom. The van der Waals surface area contributed by atoms with Crippen molar-refractivity contribution in [2.45, 2.75) is 6.18 Å². The monoisotopic (exact) mass is 347 g/mol. The Morgan fingerprint density at radius 2 is 1.58 bits per heavy atom. The lowest BCUT2D eigenvalue weighted by atomic mass is 10.1. The molecule has 0 atom stereocenters. The van der Waals surface area contributed by atoms with Crippen LogP contribution in [0.3, 0.4) is 0 Å². The normalized spacial score (nSPS) is 15.7. The molecule has 1 aliphatic carbocycles. The van der Waals surface area contributed by atoms with Gasteiger partial charge in [-0.15, -0.1) is 0 Å². The molecule has 7 nitrogen and oxygen atoms in total. The molecule has 10 heteroatoms. The summed E-state index contributed by atoms with van der Waals surface area (Å²) in [5.41, 5.74) is -3.67. The van der Waals surface area contributed by atoms with E-state index in [9.17, 15) is 27.6 Å². The number of hydrogen-bond acceptors (Lipinski definition) is 7. The third-order valence-corrected chi connectivity index (χ3v) is 2.67. The van der Waals surface area contributed by atoms with Gasteiger partial charge in [-0.25, -0.2) is 14.6 Å². The molecule has 0 spiro atoms. The fourth-order valence-corrected chi connectivity index (χ4v) is 1.61.